The molecule has 0 spiro atoms. The first kappa shape index (κ1) is 12.9. The third kappa shape index (κ3) is 3.45. The Labute approximate surface area is 107 Å². The van der Waals surface area contributed by atoms with Crippen LogP contribution in [0.1, 0.15) is 50.5 Å². The molecule has 1 N–H and O–H groups in total. The van der Waals surface area contributed by atoms with E-state index >= 15 is 0 Å². The Morgan fingerprint density at radius 2 is 2.44 bits per heavy atom. The summed E-state index contributed by atoms with van der Waals surface area (Å²) < 4.78 is 5.17. The van der Waals surface area contributed by atoms with E-state index in [1.54, 1.807) is 0 Å². The van der Waals surface area contributed by atoms with Gasteiger partial charge < -0.3 is 9.84 Å². The Morgan fingerprint density at radius 1 is 1.61 bits per heavy atom. The predicted octanol–water partition coefficient (Wildman–Crippen LogP) is 2.77. The van der Waals surface area contributed by atoms with Crippen LogP contribution in [0, 0.1) is 5.92 Å². The zero-order chi connectivity index (χ0) is 13.0. The average molecular weight is 248 g/mol. The van der Waals surface area contributed by atoms with Crippen LogP contribution in [0.5, 0.6) is 0 Å². The fraction of sp³-hybridized carbons (Fsp3) is 0.571. The topological polar surface area (TPSA) is 55.1 Å². The van der Waals surface area contributed by atoms with Crippen molar-refractivity contribution in [1.29, 1.82) is 0 Å². The summed E-state index contributed by atoms with van der Waals surface area (Å²) in [5, 5.41) is 6.83. The van der Waals surface area contributed by atoms with Crippen molar-refractivity contribution in [2.24, 2.45) is 5.92 Å². The van der Waals surface area contributed by atoms with Crippen LogP contribution < -0.4 is 5.32 Å². The van der Waals surface area contributed by atoms with E-state index in [-0.39, 0.29) is 5.91 Å². The van der Waals surface area contributed by atoms with Gasteiger partial charge in [-0.1, -0.05) is 31.2 Å². The minimum Gasteiger partial charge on any atom is -0.359 e. The number of nitrogens with one attached hydrogen (secondary N) is 1. The highest BCUT2D eigenvalue weighted by molar-refractivity contribution is 5.76. The molecular formula is C14H20N2O2. The molecule has 2 rings (SSSR count). The minimum absolute atomic E-state index is 0.0778. The maximum atomic E-state index is 11.7. The van der Waals surface area contributed by atoms with Crippen LogP contribution in [0.4, 0.5) is 0 Å². The third-order valence-electron chi connectivity index (χ3n) is 3.19. The highest BCUT2D eigenvalue weighted by Crippen LogP contribution is 2.20. The van der Waals surface area contributed by atoms with Gasteiger partial charge in [-0.15, -0.1) is 0 Å². The van der Waals surface area contributed by atoms with Gasteiger partial charge in [0.1, 0.15) is 0 Å². The summed E-state index contributed by atoms with van der Waals surface area (Å²) in [5.74, 6) is 1.55. The zero-order valence-corrected chi connectivity index (χ0v) is 11.0. The van der Waals surface area contributed by atoms with Gasteiger partial charge in [-0.3, -0.25) is 4.79 Å². The highest BCUT2D eigenvalue weighted by atomic mass is 16.5. The Hall–Kier alpha value is -1.58. The van der Waals surface area contributed by atoms with Crippen molar-refractivity contribution < 1.29 is 9.32 Å². The number of carbonyl (C=O) groups excluding carboxylic acids is 1. The van der Waals surface area contributed by atoms with Gasteiger partial charge in [-0.25, -0.2) is 0 Å². The van der Waals surface area contributed by atoms with Crippen LogP contribution in [0.15, 0.2) is 22.7 Å². The average Bonchev–Trinajstić information content (AvgIpc) is 2.96. The number of nitrogens with zero attached hydrogens (tertiary/aromatic N) is 1. The predicted molar refractivity (Wildman–Crippen MR) is 68.9 cm³/mol. The lowest BCUT2D eigenvalue weighted by Gasteiger charge is -2.07. The van der Waals surface area contributed by atoms with Gasteiger partial charge in [0.2, 0.25) is 5.91 Å². The molecule has 1 atom stereocenters. The lowest BCUT2D eigenvalue weighted by molar-refractivity contribution is -0.121. The molecule has 1 aliphatic rings. The zero-order valence-electron chi connectivity index (χ0n) is 11.0. The number of amides is 1. The van der Waals surface area contributed by atoms with E-state index in [9.17, 15) is 4.79 Å². The van der Waals surface area contributed by atoms with Crippen molar-refractivity contribution in [3.05, 3.63) is 29.7 Å². The summed E-state index contributed by atoms with van der Waals surface area (Å²) >= 11 is 0. The monoisotopic (exact) mass is 248 g/mol. The van der Waals surface area contributed by atoms with Crippen LogP contribution in [-0.2, 0) is 11.3 Å². The van der Waals surface area contributed by atoms with E-state index in [0.717, 1.165) is 18.5 Å². The van der Waals surface area contributed by atoms with E-state index in [2.05, 4.69) is 36.5 Å². The van der Waals surface area contributed by atoms with Gasteiger partial charge in [0.05, 0.1) is 12.2 Å². The number of carbonyl (C=O) groups is 1. The molecule has 1 heterocycles. The van der Waals surface area contributed by atoms with Crippen LogP contribution >= 0.6 is 0 Å². The lowest BCUT2D eigenvalue weighted by Crippen LogP contribution is -2.24. The number of hydrogen-bond donors (Lipinski definition) is 1. The molecule has 0 aliphatic heterocycles. The highest BCUT2D eigenvalue weighted by Gasteiger charge is 2.14. The fourth-order valence-corrected chi connectivity index (χ4v) is 2.05. The van der Waals surface area contributed by atoms with Crippen molar-refractivity contribution in [3.63, 3.8) is 0 Å². The number of rotatable bonds is 5. The normalized spacial score (nSPS) is 18.5. The molecule has 0 saturated heterocycles. The van der Waals surface area contributed by atoms with Gasteiger partial charge in [-0.05, 0) is 24.7 Å². The van der Waals surface area contributed by atoms with Crippen molar-refractivity contribution in [3.8, 4) is 0 Å². The Balaban J connectivity index is 1.76. The van der Waals surface area contributed by atoms with E-state index in [1.165, 1.54) is 0 Å². The van der Waals surface area contributed by atoms with Gasteiger partial charge in [0, 0.05) is 12.5 Å². The molecule has 0 radical (unpaired) electrons. The Kier molecular flexibility index (Phi) is 4.18. The van der Waals surface area contributed by atoms with Crippen molar-refractivity contribution in [2.45, 2.75) is 45.6 Å². The molecule has 0 saturated carbocycles. The molecule has 1 aliphatic carbocycles. The molecule has 98 valence electrons. The SMILES string of the molecule is CC(C)c1cc(CNC(=O)C[C@@H]2C=CCC2)on1. The van der Waals surface area contributed by atoms with E-state index < -0.39 is 0 Å². The first-order valence-electron chi connectivity index (χ1n) is 6.54. The second-order valence-corrected chi connectivity index (χ2v) is 5.12. The summed E-state index contributed by atoms with van der Waals surface area (Å²) in [6, 6.07) is 1.90. The minimum atomic E-state index is 0.0778. The smallest absolute Gasteiger partial charge is 0.220 e. The first-order valence-corrected chi connectivity index (χ1v) is 6.54. The maximum absolute atomic E-state index is 11.7. The summed E-state index contributed by atoms with van der Waals surface area (Å²) in [6.45, 7) is 4.55. The molecule has 0 aromatic carbocycles. The van der Waals surface area contributed by atoms with Crippen LogP contribution in [0.3, 0.4) is 0 Å². The molecule has 1 aromatic rings. The Bertz CT molecular complexity index is 435. The molecule has 0 unspecified atom stereocenters. The lowest BCUT2D eigenvalue weighted by atomic mass is 10.1. The summed E-state index contributed by atoms with van der Waals surface area (Å²) in [6.07, 6.45) is 7.03. The summed E-state index contributed by atoms with van der Waals surface area (Å²) in [7, 11) is 0. The molecule has 18 heavy (non-hydrogen) atoms. The molecule has 4 nitrogen and oxygen atoms in total. The van der Waals surface area contributed by atoms with Gasteiger partial charge in [0.25, 0.3) is 0 Å². The standard InChI is InChI=1S/C14H20N2O2/c1-10(2)13-8-12(18-16-13)9-15-14(17)7-11-5-3-4-6-11/h3,5,8,10-11H,4,6-7,9H2,1-2H3,(H,15,17)/t11-/m1/s1. The third-order valence-corrected chi connectivity index (χ3v) is 3.19. The van der Waals surface area contributed by atoms with Crippen molar-refractivity contribution in [1.82, 2.24) is 10.5 Å². The quantitative estimate of drug-likeness (QED) is 0.815. The molecule has 0 bridgehead atoms. The molecule has 1 aromatic heterocycles. The molecule has 1 amide bonds. The number of aromatic nitrogens is 1. The largest absolute Gasteiger partial charge is 0.359 e. The Morgan fingerprint density at radius 3 is 3.06 bits per heavy atom. The molecular weight excluding hydrogens is 228 g/mol. The second-order valence-electron chi connectivity index (χ2n) is 5.12. The van der Waals surface area contributed by atoms with Crippen molar-refractivity contribution >= 4 is 5.91 Å². The van der Waals surface area contributed by atoms with Crippen LogP contribution in [0.2, 0.25) is 0 Å². The van der Waals surface area contributed by atoms with E-state index in [1.807, 2.05) is 6.07 Å². The van der Waals surface area contributed by atoms with Gasteiger partial charge in [-0.2, -0.15) is 0 Å². The van der Waals surface area contributed by atoms with E-state index in [0.29, 0.717) is 30.6 Å². The maximum Gasteiger partial charge on any atom is 0.220 e. The molecule has 4 heteroatoms. The first-order chi connectivity index (χ1) is 8.65. The number of allylic oxidation sites excluding steroid dienone is 2. The summed E-state index contributed by atoms with van der Waals surface area (Å²) in [5.41, 5.74) is 0.929. The van der Waals surface area contributed by atoms with Gasteiger partial charge in [0.15, 0.2) is 5.76 Å². The van der Waals surface area contributed by atoms with Crippen LogP contribution in [-0.4, -0.2) is 11.1 Å². The fourth-order valence-electron chi connectivity index (χ4n) is 2.05. The van der Waals surface area contributed by atoms with Gasteiger partial charge >= 0.3 is 0 Å². The summed E-state index contributed by atoms with van der Waals surface area (Å²) in [4.78, 5) is 11.7. The number of hydrogen-bond acceptors (Lipinski definition) is 3. The van der Waals surface area contributed by atoms with Crippen LogP contribution in [0.25, 0.3) is 0 Å². The van der Waals surface area contributed by atoms with Crippen molar-refractivity contribution in [2.75, 3.05) is 0 Å². The van der Waals surface area contributed by atoms with E-state index in [4.69, 9.17) is 4.52 Å². The second kappa shape index (κ2) is 5.85. The molecule has 0 fully saturated rings.